The van der Waals surface area contributed by atoms with E-state index in [1.807, 2.05) is 53.0 Å². The minimum atomic E-state index is -1.40. The van der Waals surface area contributed by atoms with E-state index in [-0.39, 0.29) is 42.3 Å². The number of nitrogens with one attached hydrogen (secondary N) is 3. The van der Waals surface area contributed by atoms with Crippen LogP contribution in [0.15, 0.2) is 23.6 Å². The van der Waals surface area contributed by atoms with Crippen molar-refractivity contribution in [3.8, 4) is 22.9 Å². The molecule has 2 saturated heterocycles. The number of pyridine rings is 1. The second kappa shape index (κ2) is 17.9. The number of morpholine rings is 1. The van der Waals surface area contributed by atoms with Gasteiger partial charge in [-0.15, -0.1) is 11.3 Å². The molecular weight excluding hydrogens is 858 g/mol. The first kappa shape index (κ1) is 46.3. The van der Waals surface area contributed by atoms with Crippen LogP contribution in [0.3, 0.4) is 0 Å². The standard InChI is InChI=1S/C47H64ClN7O8S/c1-9-29-21-47(29,43(59)60)53-41(57)34-19-30(22-55(34)42(58)39(45(4,5)6)52-40(56)28-17-26-16-27(26)18-28)63-36-20-32(33-23-64-44(51-33)49-25(2)3)50-38-31(36)10-11-35(37(38)48)62-15-13-54-12-14-61-24-46(54,7)8/h10-11,20,23,25-30,34,39H,9,12-19,21-22,24H2,1-8H3,(H,49,51)(H,52,56)(H,53,57)(H,59,60)/t26-,27+,28?,29-,30?,34?,39-,47-/m1/s1. The Morgan fingerprint density at radius 2 is 1.80 bits per heavy atom. The number of likely N-dealkylation sites (tertiary alicyclic amines) is 1. The second-order valence-electron chi connectivity index (χ2n) is 20.6. The summed E-state index contributed by atoms with van der Waals surface area (Å²) in [7, 11) is 0. The van der Waals surface area contributed by atoms with Crippen LogP contribution in [0, 0.1) is 29.1 Å². The molecule has 15 nitrogen and oxygen atoms in total. The van der Waals surface area contributed by atoms with Crippen LogP contribution < -0.4 is 25.4 Å². The first-order chi connectivity index (χ1) is 30.3. The molecule has 0 bridgehead atoms. The Bertz CT molecular complexity index is 2270. The summed E-state index contributed by atoms with van der Waals surface area (Å²) in [5.74, 6) is -0.534. The van der Waals surface area contributed by atoms with Gasteiger partial charge in [-0.3, -0.25) is 19.3 Å². The van der Waals surface area contributed by atoms with Crippen LogP contribution >= 0.6 is 22.9 Å². The molecule has 3 amide bonds. The highest BCUT2D eigenvalue weighted by molar-refractivity contribution is 7.14. The van der Waals surface area contributed by atoms with Gasteiger partial charge in [-0.05, 0) is 88.7 Å². The summed E-state index contributed by atoms with van der Waals surface area (Å²) in [6, 6.07) is 3.60. The van der Waals surface area contributed by atoms with Crippen molar-refractivity contribution >= 4 is 62.7 Å². The van der Waals surface area contributed by atoms with Crippen molar-refractivity contribution in [2.24, 2.45) is 29.1 Å². The van der Waals surface area contributed by atoms with Crippen LogP contribution in [0.5, 0.6) is 11.5 Å². The average molecular weight is 923 g/mol. The number of anilines is 1. The van der Waals surface area contributed by atoms with Gasteiger partial charge in [0.2, 0.25) is 17.7 Å². The van der Waals surface area contributed by atoms with Crippen molar-refractivity contribution < 1.29 is 38.5 Å². The zero-order valence-electron chi connectivity index (χ0n) is 38.3. The van der Waals surface area contributed by atoms with Crippen molar-refractivity contribution in [1.29, 1.82) is 0 Å². The van der Waals surface area contributed by atoms with E-state index in [2.05, 4.69) is 34.7 Å². The minimum absolute atomic E-state index is 0.00927. The summed E-state index contributed by atoms with van der Waals surface area (Å²) >= 11 is 8.62. The van der Waals surface area contributed by atoms with Crippen molar-refractivity contribution in [2.75, 3.05) is 44.8 Å². The molecule has 64 heavy (non-hydrogen) atoms. The second-order valence-corrected chi connectivity index (χ2v) is 21.8. The van der Waals surface area contributed by atoms with Gasteiger partial charge in [-0.25, -0.2) is 14.8 Å². The topological polar surface area (TPSA) is 185 Å². The SMILES string of the molecule is CC[C@@H]1C[C@]1(NC(=O)C1CC(Oc2cc(-c3csc(NC(C)C)n3)nc3c(Cl)c(OCCN4CCOCC4(C)C)ccc23)CN1C(=O)[C@@H](NC(=O)C1C[C@@H]2C[C@@H]2C1)C(C)(C)C)C(=O)O. The summed E-state index contributed by atoms with van der Waals surface area (Å²) in [6.07, 6.45) is 3.07. The van der Waals surface area contributed by atoms with Gasteiger partial charge in [0.1, 0.15) is 52.5 Å². The van der Waals surface area contributed by atoms with Crippen LogP contribution in [-0.4, -0.2) is 123 Å². The number of carbonyl (C=O) groups is 4. The molecule has 17 heteroatoms. The highest BCUT2D eigenvalue weighted by Gasteiger charge is 2.62. The molecule has 2 aromatic heterocycles. The van der Waals surface area contributed by atoms with E-state index in [4.69, 9.17) is 35.8 Å². The normalized spacial score (nSPS) is 27.8. The van der Waals surface area contributed by atoms with Crippen molar-refractivity contribution in [3.05, 3.63) is 28.6 Å². The van der Waals surface area contributed by atoms with E-state index in [0.29, 0.717) is 89.9 Å². The number of amides is 3. The summed E-state index contributed by atoms with van der Waals surface area (Å²) in [5, 5.41) is 23.1. The van der Waals surface area contributed by atoms with E-state index in [1.165, 1.54) is 16.2 Å². The maximum absolute atomic E-state index is 14.9. The highest BCUT2D eigenvalue weighted by Crippen LogP contribution is 2.54. The van der Waals surface area contributed by atoms with Gasteiger partial charge >= 0.3 is 5.97 Å². The average Bonchev–Trinajstić information content (AvgIpc) is 3.90. The van der Waals surface area contributed by atoms with Gasteiger partial charge in [0, 0.05) is 53.8 Å². The number of carboxylic acid groups (broad SMARTS) is 1. The van der Waals surface area contributed by atoms with Gasteiger partial charge in [-0.2, -0.15) is 0 Å². The Morgan fingerprint density at radius 1 is 1.05 bits per heavy atom. The van der Waals surface area contributed by atoms with Crippen molar-refractivity contribution in [3.63, 3.8) is 0 Å². The predicted octanol–water partition coefficient (Wildman–Crippen LogP) is 6.62. The molecule has 2 aliphatic heterocycles. The number of carboxylic acids is 1. The number of halogens is 1. The molecule has 1 aromatic carbocycles. The zero-order valence-corrected chi connectivity index (χ0v) is 39.9. The molecular formula is C47H64ClN7O8S. The monoisotopic (exact) mass is 921 g/mol. The maximum atomic E-state index is 14.9. The molecule has 348 valence electrons. The number of fused-ring (bicyclic) bond motifs is 2. The first-order valence-electron chi connectivity index (χ1n) is 22.9. The largest absolute Gasteiger partial charge is 0.491 e. The Morgan fingerprint density at radius 3 is 2.45 bits per heavy atom. The molecule has 5 fully saturated rings. The van der Waals surface area contributed by atoms with Crippen LogP contribution in [-0.2, 0) is 23.9 Å². The number of hydrogen-bond acceptors (Lipinski definition) is 12. The number of nitrogens with zero attached hydrogens (tertiary/aromatic N) is 4. The zero-order chi connectivity index (χ0) is 45.9. The molecule has 0 spiro atoms. The Hall–Kier alpha value is -4.25. The van der Waals surface area contributed by atoms with Gasteiger partial charge in [0.15, 0.2) is 5.13 Å². The van der Waals surface area contributed by atoms with Crippen molar-refractivity contribution in [1.82, 2.24) is 30.4 Å². The van der Waals surface area contributed by atoms with Gasteiger partial charge < -0.3 is 40.2 Å². The summed E-state index contributed by atoms with van der Waals surface area (Å²) < 4.78 is 18.9. The maximum Gasteiger partial charge on any atom is 0.329 e. The molecule has 4 heterocycles. The minimum Gasteiger partial charge on any atom is -0.491 e. The number of thiazole rings is 1. The van der Waals surface area contributed by atoms with Crippen LogP contribution in [0.25, 0.3) is 22.3 Å². The number of benzene rings is 1. The third-order valence-electron chi connectivity index (χ3n) is 13.9. The van der Waals surface area contributed by atoms with E-state index in [0.717, 1.165) is 30.9 Å². The van der Waals surface area contributed by atoms with E-state index < -0.39 is 46.9 Å². The number of rotatable bonds is 16. The number of aromatic nitrogens is 2. The Labute approximate surface area is 384 Å². The molecule has 8 rings (SSSR count). The highest BCUT2D eigenvalue weighted by atomic mass is 35.5. The molecule has 3 aliphatic carbocycles. The van der Waals surface area contributed by atoms with E-state index >= 15 is 0 Å². The lowest BCUT2D eigenvalue weighted by molar-refractivity contribution is -0.147. The fraction of sp³-hybridized carbons (Fsp3) is 0.660. The van der Waals surface area contributed by atoms with Gasteiger partial charge in [-0.1, -0.05) is 45.7 Å². The first-order valence-corrected chi connectivity index (χ1v) is 24.2. The number of ether oxygens (including phenoxy) is 3. The lowest BCUT2D eigenvalue weighted by Gasteiger charge is -2.41. The molecule has 3 unspecified atom stereocenters. The molecule has 5 aliphatic rings. The third-order valence-corrected chi connectivity index (χ3v) is 15.1. The van der Waals surface area contributed by atoms with Crippen LogP contribution in [0.4, 0.5) is 5.13 Å². The number of hydrogen-bond donors (Lipinski definition) is 4. The quantitative estimate of drug-likeness (QED) is 0.121. The lowest BCUT2D eigenvalue weighted by Crippen LogP contribution is -2.59. The van der Waals surface area contributed by atoms with Crippen LogP contribution in [0.1, 0.15) is 93.9 Å². The van der Waals surface area contributed by atoms with Crippen LogP contribution in [0.2, 0.25) is 5.02 Å². The third kappa shape index (κ3) is 9.52. The molecule has 3 saturated carbocycles. The fourth-order valence-electron chi connectivity index (χ4n) is 9.98. The Kier molecular flexibility index (Phi) is 12.9. The number of carbonyl (C=O) groups excluding carboxylic acids is 3. The fourth-order valence-corrected chi connectivity index (χ4v) is 11.1. The number of aliphatic carboxylic acids is 1. The summed E-state index contributed by atoms with van der Waals surface area (Å²) in [6.45, 7) is 19.1. The van der Waals surface area contributed by atoms with Crippen molar-refractivity contribution in [2.45, 2.75) is 129 Å². The molecule has 0 radical (unpaired) electrons. The summed E-state index contributed by atoms with van der Waals surface area (Å²) in [4.78, 5) is 69.2. The van der Waals surface area contributed by atoms with E-state index in [9.17, 15) is 24.3 Å². The van der Waals surface area contributed by atoms with E-state index in [1.54, 1.807) is 12.1 Å². The molecule has 4 N–H and O–H groups in total. The molecule has 3 aromatic rings. The van der Waals surface area contributed by atoms with Gasteiger partial charge in [0.25, 0.3) is 0 Å². The smallest absolute Gasteiger partial charge is 0.329 e. The summed E-state index contributed by atoms with van der Waals surface area (Å²) in [5.41, 5.74) is -0.681. The Balaban J connectivity index is 1.10. The lowest BCUT2D eigenvalue weighted by atomic mass is 9.85. The van der Waals surface area contributed by atoms with Gasteiger partial charge in [0.05, 0.1) is 31.0 Å². The molecule has 8 atom stereocenters. The predicted molar refractivity (Wildman–Crippen MR) is 246 cm³/mol.